The molecule has 0 aliphatic carbocycles. The zero-order valence-corrected chi connectivity index (χ0v) is 13.6. The molecule has 130 valence electrons. The van der Waals surface area contributed by atoms with Crippen LogP contribution < -0.4 is 4.74 Å². The molecule has 2 atom stereocenters. The molecule has 1 heterocycles. The van der Waals surface area contributed by atoms with E-state index in [1.54, 1.807) is 18.2 Å². The Labute approximate surface area is 138 Å². The van der Waals surface area contributed by atoms with Gasteiger partial charge in [-0.25, -0.2) is 0 Å². The molecular weight excluding hydrogens is 321 g/mol. The number of fused-ring (bicyclic) bond motifs is 1. The average Bonchev–Trinajstić information content (AvgIpc) is 2.74. The van der Waals surface area contributed by atoms with Crippen molar-refractivity contribution in [3.8, 4) is 11.8 Å². The van der Waals surface area contributed by atoms with Crippen LogP contribution in [0.15, 0.2) is 18.2 Å². The van der Waals surface area contributed by atoms with Crippen molar-refractivity contribution in [2.45, 2.75) is 31.9 Å². The van der Waals surface area contributed by atoms with Crippen LogP contribution in [0.25, 0.3) is 0 Å². The van der Waals surface area contributed by atoms with Crippen molar-refractivity contribution in [1.29, 1.82) is 5.26 Å². The summed E-state index contributed by atoms with van der Waals surface area (Å²) < 4.78 is 43.7. The number of methoxy groups -OCH3 is 1. The summed E-state index contributed by atoms with van der Waals surface area (Å²) in [7, 11) is 1.51. The molecule has 2 rings (SSSR count). The highest BCUT2D eigenvalue weighted by Crippen LogP contribution is 2.35. The number of hydrogen-bond acceptors (Lipinski definition) is 3. The maximum Gasteiger partial charge on any atom is 0.471 e. The maximum absolute atomic E-state index is 12.8. The van der Waals surface area contributed by atoms with E-state index in [9.17, 15) is 23.2 Å². The van der Waals surface area contributed by atoms with Gasteiger partial charge in [-0.05, 0) is 36.1 Å². The van der Waals surface area contributed by atoms with E-state index in [-0.39, 0.29) is 13.1 Å². The van der Waals surface area contributed by atoms with E-state index in [0.29, 0.717) is 18.6 Å². The molecule has 0 fully saturated rings. The molecule has 0 saturated carbocycles. The zero-order valence-electron chi connectivity index (χ0n) is 13.6. The molecule has 1 aliphatic heterocycles. The lowest BCUT2D eigenvalue weighted by atomic mass is 9.83. The molecule has 0 saturated heterocycles. The molecule has 1 amide bonds. The number of rotatable bonds is 3. The fraction of sp³-hybridized carbons (Fsp3) is 0.529. The summed E-state index contributed by atoms with van der Waals surface area (Å²) in [6, 6.07) is 7.46. The van der Waals surface area contributed by atoms with Crippen LogP contribution in [0.3, 0.4) is 0 Å². The van der Waals surface area contributed by atoms with Crippen LogP contribution in [-0.4, -0.2) is 37.2 Å². The van der Waals surface area contributed by atoms with Gasteiger partial charge in [-0.15, -0.1) is 0 Å². The Hall–Kier alpha value is -2.23. The van der Waals surface area contributed by atoms with Crippen molar-refractivity contribution in [1.82, 2.24) is 4.90 Å². The summed E-state index contributed by atoms with van der Waals surface area (Å²) in [5.41, 5.74) is 1.65. The molecule has 0 spiro atoms. The Kier molecular flexibility index (Phi) is 5.37. The standard InChI is InChI=1S/C17H19F3N2O2/c1-3-11(9-21)15-10-22(16(23)17(18,19)20)7-6-12-8-13(24-2)4-5-14(12)15/h4-5,8,11,15H,3,6-7,10H2,1-2H3. The highest BCUT2D eigenvalue weighted by atomic mass is 19.4. The number of halogens is 3. The third kappa shape index (κ3) is 3.64. The highest BCUT2D eigenvalue weighted by molar-refractivity contribution is 5.82. The second-order valence-electron chi connectivity index (χ2n) is 5.81. The molecule has 0 N–H and O–H groups in total. The van der Waals surface area contributed by atoms with Gasteiger partial charge < -0.3 is 9.64 Å². The first kappa shape index (κ1) is 18.1. The number of alkyl halides is 3. The van der Waals surface area contributed by atoms with Gasteiger partial charge in [0.2, 0.25) is 0 Å². The van der Waals surface area contributed by atoms with Gasteiger partial charge in [-0.2, -0.15) is 18.4 Å². The molecule has 24 heavy (non-hydrogen) atoms. The molecule has 1 aliphatic rings. The van der Waals surface area contributed by atoms with Crippen molar-refractivity contribution in [3.63, 3.8) is 0 Å². The Morgan fingerprint density at radius 2 is 2.21 bits per heavy atom. The molecule has 7 heteroatoms. The van der Waals surface area contributed by atoms with Crippen molar-refractivity contribution in [2.75, 3.05) is 20.2 Å². The number of amides is 1. The number of hydrogen-bond donors (Lipinski definition) is 0. The number of carbonyl (C=O) groups excluding carboxylic acids is 1. The van der Waals surface area contributed by atoms with Crippen molar-refractivity contribution < 1.29 is 22.7 Å². The molecular formula is C17H19F3N2O2. The molecule has 4 nitrogen and oxygen atoms in total. The molecule has 2 unspecified atom stereocenters. The van der Waals surface area contributed by atoms with Crippen LogP contribution in [0.1, 0.15) is 30.4 Å². The van der Waals surface area contributed by atoms with Gasteiger partial charge in [0.1, 0.15) is 5.75 Å². The van der Waals surface area contributed by atoms with Gasteiger partial charge in [0.05, 0.1) is 19.1 Å². The molecule has 1 aromatic carbocycles. The first-order chi connectivity index (χ1) is 11.3. The zero-order chi connectivity index (χ0) is 17.9. The Balaban J connectivity index is 2.43. The van der Waals surface area contributed by atoms with Crippen molar-refractivity contribution >= 4 is 5.91 Å². The lowest BCUT2D eigenvalue weighted by molar-refractivity contribution is -0.185. The largest absolute Gasteiger partial charge is 0.497 e. The van der Waals surface area contributed by atoms with Gasteiger partial charge in [-0.1, -0.05) is 13.0 Å². The van der Waals surface area contributed by atoms with E-state index in [1.165, 1.54) is 7.11 Å². The van der Waals surface area contributed by atoms with E-state index >= 15 is 0 Å². The minimum absolute atomic E-state index is 0.0309. The minimum Gasteiger partial charge on any atom is -0.497 e. The van der Waals surface area contributed by atoms with Crippen LogP contribution in [0.5, 0.6) is 5.75 Å². The third-order valence-electron chi connectivity index (χ3n) is 4.44. The highest BCUT2D eigenvalue weighted by Gasteiger charge is 2.44. The second-order valence-corrected chi connectivity index (χ2v) is 5.81. The number of nitrogens with zero attached hydrogens (tertiary/aromatic N) is 2. The lowest BCUT2D eigenvalue weighted by Gasteiger charge is -2.28. The van der Waals surface area contributed by atoms with Gasteiger partial charge in [-0.3, -0.25) is 4.79 Å². The van der Waals surface area contributed by atoms with E-state index in [1.807, 2.05) is 6.92 Å². The minimum atomic E-state index is -4.91. The quantitative estimate of drug-likeness (QED) is 0.848. The van der Waals surface area contributed by atoms with Gasteiger partial charge in [0, 0.05) is 19.0 Å². The number of nitriles is 1. The Morgan fingerprint density at radius 3 is 2.75 bits per heavy atom. The van der Waals surface area contributed by atoms with Crippen molar-refractivity contribution in [3.05, 3.63) is 29.3 Å². The van der Waals surface area contributed by atoms with Crippen LogP contribution in [0.4, 0.5) is 13.2 Å². The Morgan fingerprint density at radius 1 is 1.50 bits per heavy atom. The van der Waals surface area contributed by atoms with E-state index in [4.69, 9.17) is 4.74 Å². The van der Waals surface area contributed by atoms with Crippen molar-refractivity contribution in [2.24, 2.45) is 5.92 Å². The summed E-state index contributed by atoms with van der Waals surface area (Å²) in [5, 5.41) is 9.38. The van der Waals surface area contributed by atoms with E-state index in [2.05, 4.69) is 6.07 Å². The topological polar surface area (TPSA) is 53.3 Å². The summed E-state index contributed by atoms with van der Waals surface area (Å²) in [4.78, 5) is 12.5. The predicted octanol–water partition coefficient (Wildman–Crippen LogP) is 3.28. The fourth-order valence-electron chi connectivity index (χ4n) is 3.14. The summed E-state index contributed by atoms with van der Waals surface area (Å²) in [5.74, 6) is -2.15. The normalized spacial score (nSPS) is 19.0. The summed E-state index contributed by atoms with van der Waals surface area (Å²) >= 11 is 0. The number of benzene rings is 1. The molecule has 0 radical (unpaired) electrons. The SMILES string of the molecule is CCC(C#N)C1CN(C(=O)C(F)(F)F)CCc2cc(OC)ccc21. The lowest BCUT2D eigenvalue weighted by Crippen LogP contribution is -2.43. The van der Waals surface area contributed by atoms with Crippen LogP contribution in [0.2, 0.25) is 0 Å². The van der Waals surface area contributed by atoms with E-state index < -0.39 is 23.9 Å². The summed E-state index contributed by atoms with van der Waals surface area (Å²) in [6.07, 6.45) is -4.11. The summed E-state index contributed by atoms with van der Waals surface area (Å²) in [6.45, 7) is 1.68. The van der Waals surface area contributed by atoms with Gasteiger partial charge >= 0.3 is 12.1 Å². The second kappa shape index (κ2) is 7.12. The first-order valence-corrected chi connectivity index (χ1v) is 7.74. The predicted molar refractivity (Wildman–Crippen MR) is 81.5 cm³/mol. The molecule has 1 aromatic rings. The maximum atomic E-state index is 12.8. The fourth-order valence-corrected chi connectivity index (χ4v) is 3.14. The number of ether oxygens (including phenoxy) is 1. The smallest absolute Gasteiger partial charge is 0.471 e. The molecule has 0 aromatic heterocycles. The molecule has 0 bridgehead atoms. The monoisotopic (exact) mass is 340 g/mol. The van der Waals surface area contributed by atoms with Gasteiger partial charge in [0.15, 0.2) is 0 Å². The van der Waals surface area contributed by atoms with E-state index in [0.717, 1.165) is 16.0 Å². The van der Waals surface area contributed by atoms with Crippen LogP contribution in [0, 0.1) is 17.2 Å². The average molecular weight is 340 g/mol. The number of carbonyl (C=O) groups is 1. The first-order valence-electron chi connectivity index (χ1n) is 7.74. The van der Waals surface area contributed by atoms with Crippen LogP contribution in [-0.2, 0) is 11.2 Å². The Bertz CT molecular complexity index is 652. The third-order valence-corrected chi connectivity index (χ3v) is 4.44. The van der Waals surface area contributed by atoms with Crippen LogP contribution >= 0.6 is 0 Å². The van der Waals surface area contributed by atoms with Gasteiger partial charge in [0.25, 0.3) is 0 Å².